The van der Waals surface area contributed by atoms with Gasteiger partial charge in [0, 0.05) is 28.8 Å². The Morgan fingerprint density at radius 2 is 1.48 bits per heavy atom. The Morgan fingerprint density at radius 3 is 2.00 bits per heavy atom. The van der Waals surface area contributed by atoms with Gasteiger partial charge in [-0.25, -0.2) is 8.42 Å². The summed E-state index contributed by atoms with van der Waals surface area (Å²) in [6, 6.07) is 14.8. The minimum absolute atomic E-state index is 0.0666. The van der Waals surface area contributed by atoms with Crippen LogP contribution in [0.25, 0.3) is 22.9 Å². The highest BCUT2D eigenvalue weighted by Gasteiger charge is 2.42. The predicted octanol–water partition coefficient (Wildman–Crippen LogP) is 3.50. The number of carbonyl (C=O) groups excluding carboxylic acids is 1. The minimum Gasteiger partial charge on any atom is -0.416 e. The van der Waals surface area contributed by atoms with Crippen LogP contribution in [0.4, 0.5) is 0 Å². The molecule has 160 valence electrons. The molecule has 5 rings (SSSR count). The SMILES string of the molecule is Cc1ccc(-c2nnc(-c3ccc(C(=O)N(C4CC4)C4CCS(=O)(=O)C4)cc3)o2)cc1. The minimum atomic E-state index is -3.05. The van der Waals surface area contributed by atoms with E-state index in [0.29, 0.717) is 23.8 Å². The van der Waals surface area contributed by atoms with Crippen LogP contribution in [-0.2, 0) is 9.84 Å². The number of hydrogen-bond donors (Lipinski definition) is 0. The Labute approximate surface area is 181 Å². The van der Waals surface area contributed by atoms with Gasteiger partial charge in [0.2, 0.25) is 11.8 Å². The standard InChI is InChI=1S/C23H23N3O4S/c1-15-2-4-16(5-3-15)21-24-25-22(30-21)17-6-8-18(9-7-17)23(27)26(19-10-11-19)20-12-13-31(28,29)14-20/h2-9,19-20H,10-14H2,1H3. The summed E-state index contributed by atoms with van der Waals surface area (Å²) in [5.41, 5.74) is 3.27. The van der Waals surface area contributed by atoms with Gasteiger partial charge in [-0.15, -0.1) is 10.2 Å². The van der Waals surface area contributed by atoms with Crippen molar-refractivity contribution in [2.75, 3.05) is 11.5 Å². The third-order valence-corrected chi connectivity index (χ3v) is 7.63. The lowest BCUT2D eigenvalue weighted by Crippen LogP contribution is -2.42. The van der Waals surface area contributed by atoms with Gasteiger partial charge >= 0.3 is 0 Å². The maximum absolute atomic E-state index is 13.2. The summed E-state index contributed by atoms with van der Waals surface area (Å²) in [5.74, 6) is 0.944. The van der Waals surface area contributed by atoms with E-state index in [1.54, 1.807) is 29.2 Å². The zero-order valence-electron chi connectivity index (χ0n) is 17.2. The molecule has 0 N–H and O–H groups in total. The summed E-state index contributed by atoms with van der Waals surface area (Å²) in [6.45, 7) is 2.02. The van der Waals surface area contributed by atoms with Gasteiger partial charge in [-0.1, -0.05) is 17.7 Å². The summed E-state index contributed by atoms with van der Waals surface area (Å²) in [6.07, 6.45) is 2.39. The lowest BCUT2D eigenvalue weighted by Gasteiger charge is -2.28. The number of aromatic nitrogens is 2. The number of benzene rings is 2. The van der Waals surface area contributed by atoms with Crippen molar-refractivity contribution in [1.82, 2.24) is 15.1 Å². The van der Waals surface area contributed by atoms with Crippen LogP contribution in [-0.4, -0.2) is 53.0 Å². The number of carbonyl (C=O) groups is 1. The van der Waals surface area contributed by atoms with E-state index in [9.17, 15) is 13.2 Å². The molecule has 1 aliphatic heterocycles. The smallest absolute Gasteiger partial charge is 0.254 e. The highest BCUT2D eigenvalue weighted by molar-refractivity contribution is 7.91. The Hall–Kier alpha value is -3.00. The molecule has 7 nitrogen and oxygen atoms in total. The van der Waals surface area contributed by atoms with Crippen molar-refractivity contribution in [1.29, 1.82) is 0 Å². The summed E-state index contributed by atoms with van der Waals surface area (Å²) in [4.78, 5) is 15.0. The van der Waals surface area contributed by atoms with Gasteiger partial charge in [-0.3, -0.25) is 4.79 Å². The summed E-state index contributed by atoms with van der Waals surface area (Å²) < 4.78 is 29.6. The van der Waals surface area contributed by atoms with Crippen molar-refractivity contribution >= 4 is 15.7 Å². The number of hydrogen-bond acceptors (Lipinski definition) is 6. The molecule has 1 atom stereocenters. The van der Waals surface area contributed by atoms with Gasteiger partial charge in [0.25, 0.3) is 5.91 Å². The third kappa shape index (κ3) is 4.12. The van der Waals surface area contributed by atoms with Gasteiger partial charge in [-0.05, 0) is 62.6 Å². The van der Waals surface area contributed by atoms with E-state index >= 15 is 0 Å². The van der Waals surface area contributed by atoms with E-state index in [0.717, 1.165) is 29.5 Å². The predicted molar refractivity (Wildman–Crippen MR) is 116 cm³/mol. The second kappa shape index (κ2) is 7.60. The number of rotatable bonds is 5. The molecule has 2 heterocycles. The number of amides is 1. The molecular weight excluding hydrogens is 414 g/mol. The fourth-order valence-electron chi connectivity index (χ4n) is 4.03. The van der Waals surface area contributed by atoms with Crippen molar-refractivity contribution in [2.45, 2.75) is 38.3 Å². The first kappa shape index (κ1) is 19.9. The molecule has 0 bridgehead atoms. The van der Waals surface area contributed by atoms with E-state index < -0.39 is 9.84 Å². The molecule has 2 aromatic carbocycles. The average Bonchev–Trinajstić information content (AvgIpc) is 3.34. The van der Waals surface area contributed by atoms with E-state index in [1.807, 2.05) is 31.2 Å². The first-order valence-corrected chi connectivity index (χ1v) is 12.3. The maximum Gasteiger partial charge on any atom is 0.254 e. The summed E-state index contributed by atoms with van der Waals surface area (Å²) in [7, 11) is -3.05. The Kier molecular flexibility index (Phi) is 4.89. The Balaban J connectivity index is 1.35. The molecule has 3 aromatic rings. The van der Waals surface area contributed by atoms with Crippen LogP contribution in [0, 0.1) is 6.92 Å². The van der Waals surface area contributed by atoms with E-state index in [2.05, 4.69) is 10.2 Å². The highest BCUT2D eigenvalue weighted by atomic mass is 32.2. The van der Waals surface area contributed by atoms with Gasteiger partial charge in [0.1, 0.15) is 0 Å². The molecule has 1 amide bonds. The molecule has 8 heteroatoms. The lowest BCUT2D eigenvalue weighted by molar-refractivity contribution is 0.0681. The van der Waals surface area contributed by atoms with Crippen LogP contribution >= 0.6 is 0 Å². The molecule has 1 aromatic heterocycles. The summed E-state index contributed by atoms with van der Waals surface area (Å²) in [5, 5.41) is 8.26. The number of nitrogens with zero attached hydrogens (tertiary/aromatic N) is 3. The molecule has 2 fully saturated rings. The maximum atomic E-state index is 13.2. The van der Waals surface area contributed by atoms with Crippen LogP contribution in [0.15, 0.2) is 52.9 Å². The first-order chi connectivity index (χ1) is 14.9. The largest absolute Gasteiger partial charge is 0.416 e. The van der Waals surface area contributed by atoms with Gasteiger partial charge in [0.15, 0.2) is 9.84 Å². The molecule has 2 aliphatic rings. The van der Waals surface area contributed by atoms with Crippen LogP contribution in [0.5, 0.6) is 0 Å². The van der Waals surface area contributed by atoms with Gasteiger partial charge < -0.3 is 9.32 Å². The molecule has 31 heavy (non-hydrogen) atoms. The topological polar surface area (TPSA) is 93.4 Å². The quantitative estimate of drug-likeness (QED) is 0.606. The Morgan fingerprint density at radius 1 is 0.903 bits per heavy atom. The summed E-state index contributed by atoms with van der Waals surface area (Å²) >= 11 is 0. The van der Waals surface area contributed by atoms with Gasteiger partial charge in [-0.2, -0.15) is 0 Å². The zero-order valence-corrected chi connectivity index (χ0v) is 18.0. The van der Waals surface area contributed by atoms with Crippen molar-refractivity contribution < 1.29 is 17.6 Å². The third-order valence-electron chi connectivity index (χ3n) is 5.88. The van der Waals surface area contributed by atoms with Crippen LogP contribution in [0.1, 0.15) is 35.2 Å². The fourth-order valence-corrected chi connectivity index (χ4v) is 5.75. The molecule has 0 spiro atoms. The van der Waals surface area contributed by atoms with E-state index in [4.69, 9.17) is 4.42 Å². The Bertz CT molecular complexity index is 1210. The molecule has 1 saturated carbocycles. The van der Waals surface area contributed by atoms with Crippen molar-refractivity contribution in [3.8, 4) is 22.9 Å². The van der Waals surface area contributed by atoms with Crippen molar-refractivity contribution in [2.24, 2.45) is 0 Å². The van der Waals surface area contributed by atoms with Gasteiger partial charge in [0.05, 0.1) is 11.5 Å². The first-order valence-electron chi connectivity index (χ1n) is 10.4. The zero-order chi connectivity index (χ0) is 21.6. The normalized spacial score (nSPS) is 20.0. The van der Waals surface area contributed by atoms with Crippen molar-refractivity contribution in [3.63, 3.8) is 0 Å². The van der Waals surface area contributed by atoms with Crippen LogP contribution in [0.3, 0.4) is 0 Å². The molecule has 1 aliphatic carbocycles. The molecule has 0 radical (unpaired) electrons. The molecular formula is C23H23N3O4S. The number of aryl methyl sites for hydroxylation is 1. The molecule has 1 saturated heterocycles. The van der Waals surface area contributed by atoms with E-state index in [-0.39, 0.29) is 29.5 Å². The number of sulfone groups is 1. The van der Waals surface area contributed by atoms with E-state index in [1.165, 1.54) is 0 Å². The van der Waals surface area contributed by atoms with Crippen LogP contribution < -0.4 is 0 Å². The monoisotopic (exact) mass is 437 g/mol. The molecule has 1 unspecified atom stereocenters. The second-order valence-corrected chi connectivity index (χ2v) is 10.6. The van der Waals surface area contributed by atoms with Crippen LogP contribution in [0.2, 0.25) is 0 Å². The average molecular weight is 438 g/mol. The second-order valence-electron chi connectivity index (χ2n) is 8.36. The highest BCUT2D eigenvalue weighted by Crippen LogP contribution is 2.34. The fraction of sp³-hybridized carbons (Fsp3) is 0.348. The van der Waals surface area contributed by atoms with Crippen molar-refractivity contribution in [3.05, 3.63) is 59.7 Å². The lowest BCUT2D eigenvalue weighted by atomic mass is 10.1.